The van der Waals surface area contributed by atoms with Crippen molar-refractivity contribution in [1.29, 1.82) is 0 Å². The van der Waals surface area contributed by atoms with Gasteiger partial charge in [-0.25, -0.2) is 0 Å². The van der Waals surface area contributed by atoms with Crippen molar-refractivity contribution in [3.8, 4) is 5.75 Å². The third-order valence-electron chi connectivity index (χ3n) is 3.28. The largest absolute Gasteiger partial charge is 0.488 e. The van der Waals surface area contributed by atoms with Gasteiger partial charge in [-0.05, 0) is 25.1 Å². The zero-order valence-corrected chi connectivity index (χ0v) is 11.6. The molecule has 0 aliphatic carbocycles. The number of likely N-dealkylation sites (N-methyl/N-ethyl adjacent to an activating group) is 1. The van der Waals surface area contributed by atoms with E-state index in [0.29, 0.717) is 13.2 Å². The number of benzene rings is 1. The molecule has 19 heavy (non-hydrogen) atoms. The smallest absolute Gasteiger partial charge is 0.320 e. The van der Waals surface area contributed by atoms with Crippen molar-refractivity contribution in [2.75, 3.05) is 26.2 Å². The molecule has 0 spiro atoms. The van der Waals surface area contributed by atoms with Gasteiger partial charge in [-0.3, -0.25) is 9.69 Å². The number of ether oxygens (including phenoxy) is 2. The Kier molecular flexibility index (Phi) is 4.80. The standard InChI is InChI=1S/C15H21NO3/c1-3-16(11-15(17)18-4-2)10-13-9-12-7-5-6-8-14(12)19-13/h5-8,13H,3-4,9-11H2,1-2H3. The maximum atomic E-state index is 11.5. The van der Waals surface area contributed by atoms with E-state index in [-0.39, 0.29) is 12.1 Å². The van der Waals surface area contributed by atoms with E-state index in [1.165, 1.54) is 5.56 Å². The van der Waals surface area contributed by atoms with Crippen LogP contribution >= 0.6 is 0 Å². The fraction of sp³-hybridized carbons (Fsp3) is 0.533. The Morgan fingerprint density at radius 3 is 2.89 bits per heavy atom. The summed E-state index contributed by atoms with van der Waals surface area (Å²) >= 11 is 0. The highest BCUT2D eigenvalue weighted by atomic mass is 16.5. The van der Waals surface area contributed by atoms with Crippen LogP contribution in [0.4, 0.5) is 0 Å². The lowest BCUT2D eigenvalue weighted by atomic mass is 10.1. The van der Waals surface area contributed by atoms with E-state index in [2.05, 4.69) is 11.0 Å². The molecule has 1 aliphatic rings. The predicted octanol–water partition coefficient (Wildman–Crippen LogP) is 1.88. The summed E-state index contributed by atoms with van der Waals surface area (Å²) in [6.45, 7) is 6.20. The minimum absolute atomic E-state index is 0.131. The van der Waals surface area contributed by atoms with Gasteiger partial charge in [-0.1, -0.05) is 25.1 Å². The number of hydrogen-bond acceptors (Lipinski definition) is 4. The van der Waals surface area contributed by atoms with Gasteiger partial charge in [0.25, 0.3) is 0 Å². The molecule has 1 aromatic rings. The monoisotopic (exact) mass is 263 g/mol. The molecule has 0 saturated heterocycles. The van der Waals surface area contributed by atoms with Crippen LogP contribution in [0.3, 0.4) is 0 Å². The topological polar surface area (TPSA) is 38.8 Å². The van der Waals surface area contributed by atoms with E-state index < -0.39 is 0 Å². The number of carbonyl (C=O) groups is 1. The van der Waals surface area contributed by atoms with Gasteiger partial charge in [0.15, 0.2) is 0 Å². The van der Waals surface area contributed by atoms with E-state index >= 15 is 0 Å². The first-order chi connectivity index (χ1) is 9.22. The molecule has 1 aliphatic heterocycles. The molecule has 1 heterocycles. The van der Waals surface area contributed by atoms with Crippen molar-refractivity contribution >= 4 is 5.97 Å². The number of para-hydroxylation sites is 1. The molecule has 0 amide bonds. The Bertz CT molecular complexity index is 408. The van der Waals surface area contributed by atoms with Crippen molar-refractivity contribution in [2.24, 2.45) is 0 Å². The van der Waals surface area contributed by atoms with Crippen molar-refractivity contribution in [3.63, 3.8) is 0 Å². The van der Waals surface area contributed by atoms with Gasteiger partial charge in [0.1, 0.15) is 11.9 Å². The van der Waals surface area contributed by atoms with Gasteiger partial charge in [-0.15, -0.1) is 0 Å². The van der Waals surface area contributed by atoms with Gasteiger partial charge < -0.3 is 9.47 Å². The van der Waals surface area contributed by atoms with E-state index in [4.69, 9.17) is 9.47 Å². The van der Waals surface area contributed by atoms with Crippen LogP contribution in [-0.4, -0.2) is 43.2 Å². The Morgan fingerprint density at radius 2 is 2.21 bits per heavy atom. The molecule has 104 valence electrons. The van der Waals surface area contributed by atoms with Gasteiger partial charge in [0.2, 0.25) is 0 Å². The number of rotatable bonds is 6. The Hall–Kier alpha value is -1.55. The fourth-order valence-corrected chi connectivity index (χ4v) is 2.34. The maximum Gasteiger partial charge on any atom is 0.320 e. The summed E-state index contributed by atoms with van der Waals surface area (Å²) in [4.78, 5) is 13.6. The van der Waals surface area contributed by atoms with Gasteiger partial charge in [-0.2, -0.15) is 0 Å². The molecule has 4 nitrogen and oxygen atoms in total. The molecule has 0 fully saturated rings. The van der Waals surface area contributed by atoms with Crippen LogP contribution in [0.25, 0.3) is 0 Å². The maximum absolute atomic E-state index is 11.5. The van der Waals surface area contributed by atoms with Crippen molar-refractivity contribution < 1.29 is 14.3 Å². The van der Waals surface area contributed by atoms with Crippen LogP contribution < -0.4 is 4.74 Å². The van der Waals surface area contributed by atoms with Crippen LogP contribution in [0.5, 0.6) is 5.75 Å². The fourth-order valence-electron chi connectivity index (χ4n) is 2.34. The number of hydrogen-bond donors (Lipinski definition) is 0. The Labute approximate surface area is 114 Å². The van der Waals surface area contributed by atoms with Crippen LogP contribution in [0.2, 0.25) is 0 Å². The summed E-state index contributed by atoms with van der Waals surface area (Å²) in [5.41, 5.74) is 1.25. The summed E-state index contributed by atoms with van der Waals surface area (Å²) in [5, 5.41) is 0. The van der Waals surface area contributed by atoms with Crippen molar-refractivity contribution in [1.82, 2.24) is 4.90 Å². The third kappa shape index (κ3) is 3.70. The number of fused-ring (bicyclic) bond motifs is 1. The summed E-state index contributed by atoms with van der Waals surface area (Å²) in [5.74, 6) is 0.805. The summed E-state index contributed by atoms with van der Waals surface area (Å²) in [6.07, 6.45) is 1.04. The van der Waals surface area contributed by atoms with Crippen LogP contribution in [0, 0.1) is 0 Å². The molecule has 1 aromatic carbocycles. The molecule has 0 N–H and O–H groups in total. The highest BCUT2D eigenvalue weighted by Gasteiger charge is 2.24. The molecule has 0 aromatic heterocycles. The second-order valence-electron chi connectivity index (χ2n) is 4.68. The van der Waals surface area contributed by atoms with E-state index in [9.17, 15) is 4.79 Å². The average molecular weight is 263 g/mol. The van der Waals surface area contributed by atoms with E-state index in [0.717, 1.165) is 25.3 Å². The van der Waals surface area contributed by atoms with Crippen molar-refractivity contribution in [2.45, 2.75) is 26.4 Å². The SMILES string of the molecule is CCOC(=O)CN(CC)CC1Cc2ccccc2O1. The van der Waals surface area contributed by atoms with Crippen LogP contribution in [-0.2, 0) is 16.0 Å². The lowest BCUT2D eigenvalue weighted by Gasteiger charge is -2.22. The highest BCUT2D eigenvalue weighted by molar-refractivity contribution is 5.71. The van der Waals surface area contributed by atoms with E-state index in [1.807, 2.05) is 32.0 Å². The molecule has 2 rings (SSSR count). The molecule has 1 atom stereocenters. The van der Waals surface area contributed by atoms with Crippen LogP contribution in [0.1, 0.15) is 19.4 Å². The first kappa shape index (κ1) is 13.9. The van der Waals surface area contributed by atoms with Gasteiger partial charge in [0.05, 0.1) is 13.2 Å². The van der Waals surface area contributed by atoms with Gasteiger partial charge in [0, 0.05) is 13.0 Å². The highest BCUT2D eigenvalue weighted by Crippen LogP contribution is 2.28. The van der Waals surface area contributed by atoms with E-state index in [1.54, 1.807) is 0 Å². The molecular formula is C15H21NO3. The second kappa shape index (κ2) is 6.57. The zero-order valence-electron chi connectivity index (χ0n) is 11.6. The minimum Gasteiger partial charge on any atom is -0.488 e. The normalized spacial score (nSPS) is 17.1. The number of carbonyl (C=O) groups excluding carboxylic acids is 1. The molecule has 0 radical (unpaired) electrons. The van der Waals surface area contributed by atoms with Crippen LogP contribution in [0.15, 0.2) is 24.3 Å². The predicted molar refractivity (Wildman–Crippen MR) is 73.3 cm³/mol. The minimum atomic E-state index is -0.167. The Balaban J connectivity index is 1.86. The van der Waals surface area contributed by atoms with Crippen molar-refractivity contribution in [3.05, 3.63) is 29.8 Å². The molecular weight excluding hydrogens is 242 g/mol. The average Bonchev–Trinajstić information content (AvgIpc) is 2.80. The third-order valence-corrected chi connectivity index (χ3v) is 3.28. The summed E-state index contributed by atoms with van der Waals surface area (Å²) in [6, 6.07) is 8.10. The molecule has 1 unspecified atom stereocenters. The summed E-state index contributed by atoms with van der Waals surface area (Å²) < 4.78 is 10.9. The molecule has 0 bridgehead atoms. The number of esters is 1. The quantitative estimate of drug-likeness (QED) is 0.735. The van der Waals surface area contributed by atoms with Gasteiger partial charge >= 0.3 is 5.97 Å². The lowest BCUT2D eigenvalue weighted by Crippen LogP contribution is -2.38. The second-order valence-corrected chi connectivity index (χ2v) is 4.68. The first-order valence-corrected chi connectivity index (χ1v) is 6.85. The number of nitrogens with zero attached hydrogens (tertiary/aromatic N) is 1. The Morgan fingerprint density at radius 1 is 1.42 bits per heavy atom. The first-order valence-electron chi connectivity index (χ1n) is 6.85. The molecule has 0 saturated carbocycles. The zero-order chi connectivity index (χ0) is 13.7. The molecule has 4 heteroatoms. The summed E-state index contributed by atoms with van der Waals surface area (Å²) in [7, 11) is 0. The lowest BCUT2D eigenvalue weighted by molar-refractivity contribution is -0.144.